The number of nitrogens with one attached hydrogen (secondary N) is 2. The Bertz CT molecular complexity index is 1840. The van der Waals surface area contributed by atoms with Crippen LogP contribution >= 0.6 is 0 Å². The molecule has 0 bridgehead atoms. The molecule has 6 atom stereocenters. The summed E-state index contributed by atoms with van der Waals surface area (Å²) >= 11 is 0. The SMILES string of the molecule is CC(O)C(NC(=O)Nc1ncnc2c1ncn2C1OC[C@@H](OCc2ccccc2)[C@H](OCc2ccccc2)[C@H]1OCc1ccccc1)C(=O)O. The van der Waals surface area contributed by atoms with E-state index in [1.807, 2.05) is 91.0 Å². The molecule has 3 unspecified atom stereocenters. The van der Waals surface area contributed by atoms with Gasteiger partial charge in [-0.05, 0) is 23.6 Å². The van der Waals surface area contributed by atoms with Gasteiger partial charge in [0.05, 0.1) is 38.9 Å². The highest BCUT2D eigenvalue weighted by Crippen LogP contribution is 2.34. The minimum atomic E-state index is -1.53. The van der Waals surface area contributed by atoms with Crippen molar-refractivity contribution < 1.29 is 38.7 Å². The van der Waals surface area contributed by atoms with E-state index in [1.165, 1.54) is 19.6 Å². The molecule has 1 fully saturated rings. The van der Waals surface area contributed by atoms with Crippen LogP contribution in [0.25, 0.3) is 11.2 Å². The van der Waals surface area contributed by atoms with Crippen LogP contribution in [-0.4, -0.2) is 78.8 Å². The molecule has 14 nitrogen and oxygen atoms in total. The number of aliphatic hydroxyl groups is 1. The fourth-order valence-electron chi connectivity index (χ4n) is 5.63. The normalized spacial score (nSPS) is 20.2. The second-order valence-corrected chi connectivity index (χ2v) is 11.8. The van der Waals surface area contributed by atoms with Gasteiger partial charge < -0.3 is 34.5 Å². The number of carboxylic acids is 1. The molecule has 4 N–H and O–H groups in total. The molecule has 1 aliphatic rings. The molecule has 2 aromatic heterocycles. The van der Waals surface area contributed by atoms with E-state index in [1.54, 1.807) is 4.57 Å². The van der Waals surface area contributed by atoms with E-state index < -0.39 is 48.7 Å². The minimum Gasteiger partial charge on any atom is -0.480 e. The number of rotatable bonds is 14. The highest BCUT2D eigenvalue weighted by atomic mass is 16.6. The lowest BCUT2D eigenvalue weighted by Gasteiger charge is -2.42. The van der Waals surface area contributed by atoms with Crippen molar-refractivity contribution in [2.45, 2.75) is 63.4 Å². The van der Waals surface area contributed by atoms with Crippen LogP contribution in [0.15, 0.2) is 104 Å². The van der Waals surface area contributed by atoms with Gasteiger partial charge in [-0.3, -0.25) is 9.88 Å². The van der Waals surface area contributed by atoms with Gasteiger partial charge in [0.1, 0.15) is 24.6 Å². The summed E-state index contributed by atoms with van der Waals surface area (Å²) < 4.78 is 27.9. The number of imidazole rings is 1. The van der Waals surface area contributed by atoms with E-state index in [2.05, 4.69) is 25.6 Å². The summed E-state index contributed by atoms with van der Waals surface area (Å²) in [5.41, 5.74) is 3.48. The smallest absolute Gasteiger partial charge is 0.328 e. The number of carbonyl (C=O) groups is 2. The molecule has 6 rings (SSSR count). The average Bonchev–Trinajstić information content (AvgIpc) is 3.57. The first kappa shape index (κ1) is 34.6. The lowest BCUT2D eigenvalue weighted by molar-refractivity contribution is -0.255. The summed E-state index contributed by atoms with van der Waals surface area (Å²) in [5, 5.41) is 23.9. The number of fused-ring (bicyclic) bond motifs is 1. The zero-order valence-corrected chi connectivity index (χ0v) is 27.2. The van der Waals surface area contributed by atoms with Crippen molar-refractivity contribution in [2.24, 2.45) is 0 Å². The standard InChI is InChI=1S/C36H38N6O8/c1-23(43)28(35(44)45)40-36(46)41-32-29-33(38-21-37-32)42(22-39-29)34-31(49-19-26-15-9-4-10-16-26)30(48-18-25-13-7-3-8-14-25)27(20-50-34)47-17-24-11-5-2-6-12-24/h2-16,21-23,27-28,30-31,34,43H,17-20H2,1H3,(H,44,45)(H2,37,38,40,41,46)/t23?,27-,28?,30+,31-,34?/m1/s1. The number of aliphatic hydroxyl groups excluding tert-OH is 1. The molecule has 260 valence electrons. The number of aromatic nitrogens is 4. The number of benzene rings is 3. The number of anilines is 1. The molecule has 0 spiro atoms. The highest BCUT2D eigenvalue weighted by molar-refractivity contribution is 5.97. The summed E-state index contributed by atoms with van der Waals surface area (Å²) in [6.45, 7) is 2.32. The van der Waals surface area contributed by atoms with Crippen molar-refractivity contribution in [3.8, 4) is 0 Å². The van der Waals surface area contributed by atoms with Crippen LogP contribution in [0.4, 0.5) is 10.6 Å². The number of nitrogens with zero attached hydrogens (tertiary/aromatic N) is 4. The van der Waals surface area contributed by atoms with Gasteiger partial charge in [-0.15, -0.1) is 0 Å². The van der Waals surface area contributed by atoms with Crippen molar-refractivity contribution in [3.63, 3.8) is 0 Å². The maximum atomic E-state index is 12.7. The monoisotopic (exact) mass is 682 g/mol. The summed E-state index contributed by atoms with van der Waals surface area (Å²) in [6.07, 6.45) is -1.18. The molecule has 14 heteroatoms. The number of hydrogen-bond donors (Lipinski definition) is 4. The first-order chi connectivity index (χ1) is 24.4. The van der Waals surface area contributed by atoms with E-state index >= 15 is 0 Å². The molecular weight excluding hydrogens is 644 g/mol. The maximum absolute atomic E-state index is 12.7. The number of ether oxygens (including phenoxy) is 4. The second kappa shape index (κ2) is 16.4. The number of aliphatic carboxylic acids is 1. The Morgan fingerprint density at radius 1 is 0.840 bits per heavy atom. The van der Waals surface area contributed by atoms with Crippen LogP contribution in [0.1, 0.15) is 29.8 Å². The first-order valence-corrected chi connectivity index (χ1v) is 16.1. The van der Waals surface area contributed by atoms with Crippen molar-refractivity contribution in [1.82, 2.24) is 24.8 Å². The molecule has 3 heterocycles. The van der Waals surface area contributed by atoms with Gasteiger partial charge in [0.2, 0.25) is 0 Å². The minimum absolute atomic E-state index is 0.0273. The maximum Gasteiger partial charge on any atom is 0.328 e. The average molecular weight is 683 g/mol. The van der Waals surface area contributed by atoms with Gasteiger partial charge in [-0.25, -0.2) is 24.5 Å². The topological polar surface area (TPSA) is 179 Å². The molecule has 0 radical (unpaired) electrons. The fourth-order valence-corrected chi connectivity index (χ4v) is 5.63. The zero-order chi connectivity index (χ0) is 34.9. The van der Waals surface area contributed by atoms with Crippen molar-refractivity contribution in [1.29, 1.82) is 0 Å². The van der Waals surface area contributed by atoms with E-state index in [9.17, 15) is 19.8 Å². The van der Waals surface area contributed by atoms with Crippen molar-refractivity contribution >= 4 is 29.0 Å². The summed E-state index contributed by atoms with van der Waals surface area (Å²) in [6, 6.07) is 27.0. The Morgan fingerprint density at radius 3 is 1.96 bits per heavy atom. The molecule has 1 saturated heterocycles. The number of amides is 2. The predicted octanol–water partition coefficient (Wildman–Crippen LogP) is 4.07. The van der Waals surface area contributed by atoms with Crippen LogP contribution in [0.2, 0.25) is 0 Å². The molecule has 1 aliphatic heterocycles. The molecular formula is C36H38N6O8. The van der Waals surface area contributed by atoms with E-state index in [-0.39, 0.29) is 24.5 Å². The molecule has 3 aromatic carbocycles. The Balaban J connectivity index is 1.31. The Kier molecular flexibility index (Phi) is 11.4. The Morgan fingerprint density at radius 2 is 1.40 bits per heavy atom. The Labute approximate surface area is 288 Å². The quantitative estimate of drug-likeness (QED) is 0.133. The van der Waals surface area contributed by atoms with Gasteiger partial charge in [0.25, 0.3) is 0 Å². The van der Waals surface area contributed by atoms with Crippen LogP contribution in [0.3, 0.4) is 0 Å². The highest BCUT2D eigenvalue weighted by Gasteiger charge is 2.44. The largest absolute Gasteiger partial charge is 0.480 e. The van der Waals surface area contributed by atoms with Crippen LogP contribution < -0.4 is 10.6 Å². The predicted molar refractivity (Wildman–Crippen MR) is 181 cm³/mol. The third-order valence-electron chi connectivity index (χ3n) is 8.18. The van der Waals surface area contributed by atoms with Crippen LogP contribution in [0, 0.1) is 0 Å². The summed E-state index contributed by atoms with van der Waals surface area (Å²) in [4.78, 5) is 37.3. The van der Waals surface area contributed by atoms with E-state index in [4.69, 9.17) is 18.9 Å². The third-order valence-corrected chi connectivity index (χ3v) is 8.18. The molecule has 0 aliphatic carbocycles. The van der Waals surface area contributed by atoms with Crippen molar-refractivity contribution in [2.75, 3.05) is 11.9 Å². The summed E-state index contributed by atoms with van der Waals surface area (Å²) in [5.74, 6) is -1.36. The molecule has 2 amide bonds. The van der Waals surface area contributed by atoms with Gasteiger partial charge in [-0.1, -0.05) is 91.0 Å². The van der Waals surface area contributed by atoms with Gasteiger partial charge in [0.15, 0.2) is 29.3 Å². The van der Waals surface area contributed by atoms with Crippen LogP contribution in [-0.2, 0) is 43.6 Å². The lowest BCUT2D eigenvalue weighted by atomic mass is 10.0. The first-order valence-electron chi connectivity index (χ1n) is 16.1. The third kappa shape index (κ3) is 8.48. The molecule has 5 aromatic rings. The van der Waals surface area contributed by atoms with E-state index in [0.717, 1.165) is 16.7 Å². The zero-order valence-electron chi connectivity index (χ0n) is 27.2. The molecule has 0 saturated carbocycles. The lowest BCUT2D eigenvalue weighted by Crippen LogP contribution is -2.54. The van der Waals surface area contributed by atoms with Gasteiger partial charge >= 0.3 is 12.0 Å². The fraction of sp³-hybridized carbons (Fsp3) is 0.306. The van der Waals surface area contributed by atoms with Gasteiger partial charge in [0, 0.05) is 0 Å². The molecule has 50 heavy (non-hydrogen) atoms. The second-order valence-electron chi connectivity index (χ2n) is 11.8. The van der Waals surface area contributed by atoms with Crippen molar-refractivity contribution in [3.05, 3.63) is 120 Å². The van der Waals surface area contributed by atoms with Gasteiger partial charge in [-0.2, -0.15) is 0 Å². The number of carboxylic acid groups (broad SMARTS) is 1. The van der Waals surface area contributed by atoms with E-state index in [0.29, 0.717) is 18.9 Å². The number of urea groups is 1. The number of carbonyl (C=O) groups excluding carboxylic acids is 1. The summed E-state index contributed by atoms with van der Waals surface area (Å²) in [7, 11) is 0. The Hall–Kier alpha value is -5.25. The van der Waals surface area contributed by atoms with Crippen LogP contribution in [0.5, 0.6) is 0 Å². The number of hydrogen-bond acceptors (Lipinski definition) is 10.